The van der Waals surface area contributed by atoms with Crippen LogP contribution in [-0.4, -0.2) is 10.1 Å². The summed E-state index contributed by atoms with van der Waals surface area (Å²) in [6.07, 6.45) is 0.544. The molecule has 0 spiro atoms. The fourth-order valence-electron chi connectivity index (χ4n) is 3.03. The number of alkyl halides is 3. The van der Waals surface area contributed by atoms with Crippen LogP contribution in [0.2, 0.25) is 0 Å². The molecule has 1 fully saturated rings. The maximum Gasteiger partial charge on any atom is 0.443 e. The molecule has 1 aromatic rings. The average Bonchev–Trinajstić information content (AvgIpc) is 2.89. The molecular formula is C15H22F3NOS. The molecule has 0 saturated heterocycles. The Morgan fingerprint density at radius 2 is 1.90 bits per heavy atom. The van der Waals surface area contributed by atoms with Crippen molar-refractivity contribution >= 4 is 11.3 Å². The van der Waals surface area contributed by atoms with Gasteiger partial charge in [0.15, 0.2) is 5.01 Å². The third-order valence-corrected chi connectivity index (χ3v) is 6.27. The molecule has 2 nitrogen and oxygen atoms in total. The zero-order chi connectivity index (χ0) is 15.9. The predicted molar refractivity (Wildman–Crippen MR) is 77.0 cm³/mol. The van der Waals surface area contributed by atoms with Crippen molar-refractivity contribution in [2.45, 2.75) is 64.7 Å². The van der Waals surface area contributed by atoms with Crippen LogP contribution in [0, 0.1) is 11.3 Å². The third-order valence-electron chi connectivity index (χ3n) is 5.04. The number of halogens is 3. The first kappa shape index (κ1) is 16.7. The Morgan fingerprint density at radius 3 is 2.33 bits per heavy atom. The maximum atomic E-state index is 12.6. The van der Waals surface area contributed by atoms with Gasteiger partial charge in [-0.05, 0) is 37.0 Å². The van der Waals surface area contributed by atoms with E-state index in [9.17, 15) is 18.3 Å². The molecule has 1 saturated carbocycles. The third kappa shape index (κ3) is 3.42. The van der Waals surface area contributed by atoms with E-state index in [4.69, 9.17) is 0 Å². The van der Waals surface area contributed by atoms with Crippen LogP contribution < -0.4 is 0 Å². The molecule has 0 amide bonds. The Kier molecular flexibility index (Phi) is 4.42. The fraction of sp³-hybridized carbons (Fsp3) is 0.800. The zero-order valence-corrected chi connectivity index (χ0v) is 13.4. The van der Waals surface area contributed by atoms with Crippen molar-refractivity contribution in [3.05, 3.63) is 16.1 Å². The van der Waals surface area contributed by atoms with Crippen molar-refractivity contribution in [2.24, 2.45) is 11.3 Å². The molecule has 1 aliphatic carbocycles. The van der Waals surface area contributed by atoms with Crippen LogP contribution in [-0.2, 0) is 11.8 Å². The summed E-state index contributed by atoms with van der Waals surface area (Å²) in [4.78, 5) is 3.77. The van der Waals surface area contributed by atoms with Crippen molar-refractivity contribution in [1.82, 2.24) is 4.98 Å². The van der Waals surface area contributed by atoms with Gasteiger partial charge in [-0.25, -0.2) is 4.98 Å². The van der Waals surface area contributed by atoms with Gasteiger partial charge >= 0.3 is 6.18 Å². The first-order valence-electron chi connectivity index (χ1n) is 7.34. The summed E-state index contributed by atoms with van der Waals surface area (Å²) in [5, 5.41) is 9.81. The molecule has 0 bridgehead atoms. The van der Waals surface area contributed by atoms with Gasteiger partial charge in [-0.15, -0.1) is 11.3 Å². The Balaban J connectivity index is 2.10. The second kappa shape index (κ2) is 5.54. The van der Waals surface area contributed by atoms with Crippen molar-refractivity contribution in [2.75, 3.05) is 0 Å². The molecule has 6 heteroatoms. The summed E-state index contributed by atoms with van der Waals surface area (Å²) in [6.45, 7) is 6.59. The molecule has 1 heterocycles. The Morgan fingerprint density at radius 1 is 1.33 bits per heavy atom. The van der Waals surface area contributed by atoms with Crippen LogP contribution in [0.1, 0.15) is 62.8 Å². The van der Waals surface area contributed by atoms with Crippen molar-refractivity contribution in [3.8, 4) is 0 Å². The number of hydrogen-bond donors (Lipinski definition) is 1. The highest BCUT2D eigenvalue weighted by Crippen LogP contribution is 2.48. The number of aromatic nitrogens is 1. The highest BCUT2D eigenvalue weighted by molar-refractivity contribution is 7.11. The topological polar surface area (TPSA) is 33.1 Å². The predicted octanol–water partition coefficient (Wildman–Crippen LogP) is 4.98. The van der Waals surface area contributed by atoms with Gasteiger partial charge in [0.25, 0.3) is 0 Å². The van der Waals surface area contributed by atoms with E-state index >= 15 is 0 Å². The monoisotopic (exact) mass is 321 g/mol. The van der Waals surface area contributed by atoms with Crippen LogP contribution in [0.15, 0.2) is 6.20 Å². The van der Waals surface area contributed by atoms with Gasteiger partial charge in [0.2, 0.25) is 0 Å². The van der Waals surface area contributed by atoms with E-state index in [1.165, 1.54) is 6.20 Å². The van der Waals surface area contributed by atoms with Crippen LogP contribution >= 0.6 is 11.3 Å². The van der Waals surface area contributed by atoms with E-state index in [2.05, 4.69) is 25.8 Å². The van der Waals surface area contributed by atoms with Gasteiger partial charge < -0.3 is 5.11 Å². The quantitative estimate of drug-likeness (QED) is 0.852. The van der Waals surface area contributed by atoms with Crippen LogP contribution in [0.25, 0.3) is 0 Å². The summed E-state index contributed by atoms with van der Waals surface area (Å²) < 4.78 is 37.9. The molecule has 0 aliphatic heterocycles. The largest absolute Gasteiger partial charge is 0.443 e. The van der Waals surface area contributed by atoms with Crippen LogP contribution in [0.4, 0.5) is 13.2 Å². The summed E-state index contributed by atoms with van der Waals surface area (Å²) in [5.74, 6) is 0.512. The summed E-state index contributed by atoms with van der Waals surface area (Å²) in [7, 11) is 0. The number of thiazole rings is 1. The molecule has 0 aromatic carbocycles. The first-order chi connectivity index (χ1) is 9.58. The van der Waals surface area contributed by atoms with E-state index in [1.807, 2.05) is 0 Å². The van der Waals surface area contributed by atoms with Gasteiger partial charge in [0.05, 0.1) is 4.88 Å². The molecule has 21 heavy (non-hydrogen) atoms. The molecule has 2 rings (SSSR count). The molecule has 1 N–H and O–H groups in total. The minimum absolute atomic E-state index is 0.214. The van der Waals surface area contributed by atoms with Crippen molar-refractivity contribution < 1.29 is 18.3 Å². The number of aliphatic hydroxyl groups is 1. The fourth-order valence-corrected chi connectivity index (χ4v) is 3.96. The molecular weight excluding hydrogens is 299 g/mol. The lowest BCUT2D eigenvalue weighted by molar-refractivity contribution is -0.137. The van der Waals surface area contributed by atoms with Crippen molar-refractivity contribution in [1.29, 1.82) is 0 Å². The molecule has 1 aliphatic rings. The molecule has 0 radical (unpaired) electrons. The summed E-state index contributed by atoms with van der Waals surface area (Å²) in [5.41, 5.74) is -0.923. The highest BCUT2D eigenvalue weighted by Gasteiger charge is 2.42. The lowest BCUT2D eigenvalue weighted by atomic mass is 9.66. The second-order valence-electron chi connectivity index (χ2n) is 6.68. The first-order valence-corrected chi connectivity index (χ1v) is 8.16. The van der Waals surface area contributed by atoms with E-state index in [1.54, 1.807) is 0 Å². The van der Waals surface area contributed by atoms with E-state index in [0.717, 1.165) is 19.3 Å². The van der Waals surface area contributed by atoms with Gasteiger partial charge in [0, 0.05) is 6.20 Å². The van der Waals surface area contributed by atoms with Crippen molar-refractivity contribution in [3.63, 3.8) is 0 Å². The normalized spacial score (nSPS) is 27.9. The number of hydrogen-bond acceptors (Lipinski definition) is 3. The standard InChI is InChI=1S/C15H22F3NOS/c1-4-13(2,3)10-5-7-14(20,8-6-10)11-9-19-12(21-11)15(16,17)18/h9-10,20H,4-8H2,1-3H3. The van der Waals surface area contributed by atoms with Gasteiger partial charge in [-0.2, -0.15) is 13.2 Å². The zero-order valence-electron chi connectivity index (χ0n) is 12.6. The van der Waals surface area contributed by atoms with Gasteiger partial charge in [-0.1, -0.05) is 27.2 Å². The highest BCUT2D eigenvalue weighted by atomic mass is 32.1. The smallest absolute Gasteiger partial charge is 0.384 e. The Labute approximate surface area is 127 Å². The van der Waals surface area contributed by atoms with E-state index in [0.29, 0.717) is 35.0 Å². The minimum atomic E-state index is -4.43. The lowest BCUT2D eigenvalue weighted by Crippen LogP contribution is -2.35. The Bertz CT molecular complexity index is 487. The summed E-state index contributed by atoms with van der Waals surface area (Å²) in [6, 6.07) is 0. The molecule has 1 aromatic heterocycles. The van der Waals surface area contributed by atoms with Gasteiger partial charge in [-0.3, -0.25) is 0 Å². The maximum absolute atomic E-state index is 12.6. The average molecular weight is 321 g/mol. The van der Waals surface area contributed by atoms with Gasteiger partial charge in [0.1, 0.15) is 5.60 Å². The number of nitrogens with zero attached hydrogens (tertiary/aromatic N) is 1. The SMILES string of the molecule is CCC(C)(C)C1CCC(O)(c2cnc(C(F)(F)F)s2)CC1. The molecule has 0 atom stereocenters. The minimum Gasteiger partial charge on any atom is -0.384 e. The second-order valence-corrected chi connectivity index (χ2v) is 7.71. The number of rotatable bonds is 3. The molecule has 120 valence electrons. The van der Waals surface area contributed by atoms with Crippen LogP contribution in [0.3, 0.4) is 0 Å². The molecule has 0 unspecified atom stereocenters. The summed E-state index contributed by atoms with van der Waals surface area (Å²) >= 11 is 0.574. The Hall–Kier alpha value is -0.620. The lowest BCUT2D eigenvalue weighted by Gasteiger charge is -2.42. The van der Waals surface area contributed by atoms with Crippen LogP contribution in [0.5, 0.6) is 0 Å². The van der Waals surface area contributed by atoms with E-state index in [-0.39, 0.29) is 5.41 Å². The van der Waals surface area contributed by atoms with E-state index < -0.39 is 16.8 Å².